The van der Waals surface area contributed by atoms with Crippen LogP contribution in [0.15, 0.2) is 59.8 Å². The van der Waals surface area contributed by atoms with Crippen LogP contribution in [0.2, 0.25) is 0 Å². The molecule has 0 aliphatic rings. The molecule has 0 spiro atoms. The second kappa shape index (κ2) is 7.68. The van der Waals surface area contributed by atoms with Crippen LogP contribution >= 0.6 is 0 Å². The maximum atomic E-state index is 12.5. The summed E-state index contributed by atoms with van der Waals surface area (Å²) >= 11 is 0. The fourth-order valence-electron chi connectivity index (χ4n) is 2.47. The number of aromatic nitrogens is 3. The van der Waals surface area contributed by atoms with Crippen LogP contribution in [-0.2, 0) is 28.4 Å². The van der Waals surface area contributed by atoms with Gasteiger partial charge in [0.1, 0.15) is 0 Å². The number of ether oxygens (including phenoxy) is 1. The minimum Gasteiger partial charge on any atom is -0.465 e. The molecule has 0 aliphatic heterocycles. The van der Waals surface area contributed by atoms with Gasteiger partial charge in [0, 0.05) is 25.0 Å². The molecule has 0 aliphatic carbocycles. The number of hydrogen-bond acceptors (Lipinski definition) is 6. The lowest BCUT2D eigenvalue weighted by molar-refractivity contribution is 0.0600. The summed E-state index contributed by atoms with van der Waals surface area (Å²) in [6.07, 6.45) is 3.37. The number of aryl methyl sites for hydroxylation is 1. The molecule has 1 N–H and O–H groups in total. The molecule has 0 fully saturated rings. The molecule has 2 aromatic heterocycles. The van der Waals surface area contributed by atoms with Crippen LogP contribution in [-0.4, -0.2) is 36.3 Å². The first-order valence-corrected chi connectivity index (χ1v) is 9.50. The number of rotatable bonds is 6. The molecule has 0 unspecified atom stereocenters. The Morgan fingerprint density at radius 1 is 1.22 bits per heavy atom. The molecule has 0 amide bonds. The molecule has 3 rings (SSSR count). The van der Waals surface area contributed by atoms with E-state index in [1.165, 1.54) is 31.4 Å². The second-order valence-electron chi connectivity index (χ2n) is 5.73. The van der Waals surface area contributed by atoms with E-state index in [-0.39, 0.29) is 17.0 Å². The van der Waals surface area contributed by atoms with Gasteiger partial charge in [0.25, 0.3) is 0 Å². The predicted octanol–water partition coefficient (Wildman–Crippen LogP) is 1.75. The Kier molecular flexibility index (Phi) is 5.33. The van der Waals surface area contributed by atoms with Gasteiger partial charge in [0.15, 0.2) is 0 Å². The minimum atomic E-state index is -3.74. The van der Waals surface area contributed by atoms with E-state index < -0.39 is 16.0 Å². The second-order valence-corrected chi connectivity index (χ2v) is 7.49. The number of carbonyl (C=O) groups excluding carboxylic acids is 1. The molecule has 140 valence electrons. The fourth-order valence-corrected chi connectivity index (χ4v) is 3.47. The van der Waals surface area contributed by atoms with Crippen molar-refractivity contribution in [2.45, 2.75) is 11.4 Å². The lowest BCUT2D eigenvalue weighted by Crippen LogP contribution is -2.24. The predicted molar refractivity (Wildman–Crippen MR) is 98.2 cm³/mol. The van der Waals surface area contributed by atoms with E-state index >= 15 is 0 Å². The molecular formula is C18H18N4O4S. The molecule has 0 atom stereocenters. The molecule has 0 saturated heterocycles. The van der Waals surface area contributed by atoms with Crippen molar-refractivity contribution >= 4 is 16.0 Å². The molecule has 1 aromatic carbocycles. The zero-order chi connectivity index (χ0) is 19.4. The van der Waals surface area contributed by atoms with E-state index in [2.05, 4.69) is 19.5 Å². The number of benzene rings is 1. The summed E-state index contributed by atoms with van der Waals surface area (Å²) in [5, 5.41) is 4.39. The standard InChI is InChI=1S/C18H18N4O4S/c1-22-15(10-17(21-22)14-4-3-9-19-11-14)12-20-27(24,25)16-7-5-13(6-8-16)18(23)26-2/h3-11,20H,12H2,1-2H3. The van der Waals surface area contributed by atoms with Crippen molar-refractivity contribution in [2.24, 2.45) is 7.05 Å². The molecule has 8 nitrogen and oxygen atoms in total. The van der Waals surface area contributed by atoms with Crippen LogP contribution < -0.4 is 4.72 Å². The molecule has 3 aromatic rings. The third-order valence-corrected chi connectivity index (χ3v) is 5.38. The zero-order valence-corrected chi connectivity index (χ0v) is 15.6. The molecular weight excluding hydrogens is 368 g/mol. The maximum absolute atomic E-state index is 12.5. The molecule has 27 heavy (non-hydrogen) atoms. The number of sulfonamides is 1. The Morgan fingerprint density at radius 2 is 1.96 bits per heavy atom. The third kappa shape index (κ3) is 4.21. The molecule has 0 radical (unpaired) electrons. The van der Waals surface area contributed by atoms with Gasteiger partial charge >= 0.3 is 5.97 Å². The maximum Gasteiger partial charge on any atom is 0.337 e. The van der Waals surface area contributed by atoms with Crippen LogP contribution in [0, 0.1) is 0 Å². The van der Waals surface area contributed by atoms with Gasteiger partial charge in [-0.2, -0.15) is 5.10 Å². The zero-order valence-electron chi connectivity index (χ0n) is 14.8. The summed E-state index contributed by atoms with van der Waals surface area (Å²) < 4.78 is 33.7. The van der Waals surface area contributed by atoms with Gasteiger partial charge in [-0.15, -0.1) is 0 Å². The first-order chi connectivity index (χ1) is 12.9. The normalized spacial score (nSPS) is 11.3. The monoisotopic (exact) mass is 386 g/mol. The van der Waals surface area contributed by atoms with E-state index in [1.54, 1.807) is 30.2 Å². The van der Waals surface area contributed by atoms with Crippen LogP contribution in [0.1, 0.15) is 16.1 Å². The van der Waals surface area contributed by atoms with Crippen molar-refractivity contribution < 1.29 is 17.9 Å². The lowest BCUT2D eigenvalue weighted by atomic mass is 10.2. The summed E-state index contributed by atoms with van der Waals surface area (Å²) in [6, 6.07) is 11.0. The van der Waals surface area contributed by atoms with Gasteiger partial charge in [-0.05, 0) is 42.5 Å². The highest BCUT2D eigenvalue weighted by molar-refractivity contribution is 7.89. The van der Waals surface area contributed by atoms with Crippen molar-refractivity contribution in [3.63, 3.8) is 0 Å². The van der Waals surface area contributed by atoms with Crippen molar-refractivity contribution in [1.29, 1.82) is 0 Å². The largest absolute Gasteiger partial charge is 0.465 e. The topological polar surface area (TPSA) is 103 Å². The van der Waals surface area contributed by atoms with Crippen LogP contribution in [0.4, 0.5) is 0 Å². The average molecular weight is 386 g/mol. The van der Waals surface area contributed by atoms with E-state index in [0.29, 0.717) is 11.4 Å². The van der Waals surface area contributed by atoms with Crippen molar-refractivity contribution in [2.75, 3.05) is 7.11 Å². The SMILES string of the molecule is COC(=O)c1ccc(S(=O)(=O)NCc2cc(-c3cccnc3)nn2C)cc1. The first-order valence-electron chi connectivity index (χ1n) is 8.02. The Bertz CT molecular complexity index is 1040. The third-order valence-electron chi connectivity index (χ3n) is 3.96. The Hall–Kier alpha value is -3.04. The summed E-state index contributed by atoms with van der Waals surface area (Å²) in [4.78, 5) is 15.6. The molecule has 0 bridgehead atoms. The van der Waals surface area contributed by atoms with Crippen LogP contribution in [0.25, 0.3) is 11.3 Å². The summed E-state index contributed by atoms with van der Waals surface area (Å²) in [5.41, 5.74) is 2.54. The van der Waals surface area contributed by atoms with E-state index in [0.717, 1.165) is 5.56 Å². The molecule has 2 heterocycles. The van der Waals surface area contributed by atoms with Crippen molar-refractivity contribution in [3.05, 3.63) is 66.1 Å². The van der Waals surface area contributed by atoms with Gasteiger partial charge in [-0.3, -0.25) is 9.67 Å². The van der Waals surface area contributed by atoms with Gasteiger partial charge in [0.2, 0.25) is 10.0 Å². The molecule has 9 heteroatoms. The van der Waals surface area contributed by atoms with Gasteiger partial charge in [-0.1, -0.05) is 0 Å². The highest BCUT2D eigenvalue weighted by atomic mass is 32.2. The van der Waals surface area contributed by atoms with Crippen molar-refractivity contribution in [3.8, 4) is 11.3 Å². The first kappa shape index (κ1) is 18.7. The number of esters is 1. The van der Waals surface area contributed by atoms with Crippen LogP contribution in [0.3, 0.4) is 0 Å². The van der Waals surface area contributed by atoms with Gasteiger partial charge in [-0.25, -0.2) is 17.9 Å². The number of hydrogen-bond donors (Lipinski definition) is 1. The number of methoxy groups -OCH3 is 1. The molecule has 0 saturated carbocycles. The number of carbonyl (C=O) groups is 1. The summed E-state index contributed by atoms with van der Waals surface area (Å²) in [7, 11) is -0.725. The quantitative estimate of drug-likeness (QED) is 0.648. The smallest absolute Gasteiger partial charge is 0.337 e. The number of nitrogens with zero attached hydrogens (tertiary/aromatic N) is 3. The Balaban J connectivity index is 1.74. The van der Waals surface area contributed by atoms with E-state index in [9.17, 15) is 13.2 Å². The summed E-state index contributed by atoms with van der Waals surface area (Å²) in [6.45, 7) is 0.0743. The van der Waals surface area contributed by atoms with Crippen molar-refractivity contribution in [1.82, 2.24) is 19.5 Å². The van der Waals surface area contributed by atoms with Gasteiger partial charge < -0.3 is 4.74 Å². The van der Waals surface area contributed by atoms with E-state index in [1.807, 2.05) is 12.1 Å². The number of nitrogens with one attached hydrogen (secondary N) is 1. The highest BCUT2D eigenvalue weighted by Gasteiger charge is 2.16. The van der Waals surface area contributed by atoms with E-state index in [4.69, 9.17) is 0 Å². The van der Waals surface area contributed by atoms with Crippen LogP contribution in [0.5, 0.6) is 0 Å². The highest BCUT2D eigenvalue weighted by Crippen LogP contribution is 2.18. The fraction of sp³-hybridized carbons (Fsp3) is 0.167. The Morgan fingerprint density at radius 3 is 2.59 bits per heavy atom. The minimum absolute atomic E-state index is 0.0600. The number of pyridine rings is 1. The lowest BCUT2D eigenvalue weighted by Gasteiger charge is -2.07. The van der Waals surface area contributed by atoms with Gasteiger partial charge in [0.05, 0.1) is 35.5 Å². The average Bonchev–Trinajstić information content (AvgIpc) is 3.07. The summed E-state index contributed by atoms with van der Waals surface area (Å²) in [5.74, 6) is -0.523. The Labute approximate surface area is 156 Å².